The number of alkyl halides is 2. The summed E-state index contributed by atoms with van der Waals surface area (Å²) in [5.41, 5.74) is 2.73. The predicted molar refractivity (Wildman–Crippen MR) is 131 cm³/mol. The standard InChI is InChI=1S/C28H34F4N2O/c1-18-13-22-21-8-5-4-7-19(21)14-23(22)27(34(18)17-28(2,3)32)26-24(30)15-20(16-25(26)31)35-12-11-33-10-6-9-29/h4-5,7-8,15-16,18,27,33H,6,9-14,17H2,1-3H3/t18-,27+/m1/s1. The number of hydrogen-bond donors (Lipinski definition) is 1. The van der Waals surface area contributed by atoms with Crippen molar-refractivity contribution >= 4 is 5.57 Å². The lowest BCUT2D eigenvalue weighted by atomic mass is 9.84. The smallest absolute Gasteiger partial charge is 0.134 e. The molecule has 1 N–H and O–H groups in total. The molecule has 4 rings (SSSR count). The normalized spacial score (nSPS) is 20.2. The molecule has 0 amide bonds. The highest BCUT2D eigenvalue weighted by Gasteiger charge is 2.42. The molecule has 0 aromatic heterocycles. The second-order valence-electron chi connectivity index (χ2n) is 10.1. The molecule has 1 aliphatic carbocycles. The Kier molecular flexibility index (Phi) is 7.86. The molecular weight excluding hydrogens is 456 g/mol. The van der Waals surface area contributed by atoms with Gasteiger partial charge in [-0.3, -0.25) is 9.29 Å². The van der Waals surface area contributed by atoms with E-state index in [0.717, 1.165) is 22.3 Å². The maximum absolute atomic E-state index is 15.6. The maximum Gasteiger partial charge on any atom is 0.134 e. The van der Waals surface area contributed by atoms with Gasteiger partial charge < -0.3 is 10.1 Å². The van der Waals surface area contributed by atoms with Crippen molar-refractivity contribution < 1.29 is 22.3 Å². The maximum atomic E-state index is 15.6. The Morgan fingerprint density at radius 1 is 1.11 bits per heavy atom. The van der Waals surface area contributed by atoms with Crippen LogP contribution < -0.4 is 10.1 Å². The van der Waals surface area contributed by atoms with E-state index in [0.29, 0.717) is 32.4 Å². The summed E-state index contributed by atoms with van der Waals surface area (Å²) in [6.45, 7) is 5.81. The molecule has 2 aromatic carbocycles. The highest BCUT2D eigenvalue weighted by Crippen LogP contribution is 2.50. The predicted octanol–water partition coefficient (Wildman–Crippen LogP) is 6.19. The zero-order valence-electron chi connectivity index (χ0n) is 20.6. The average Bonchev–Trinajstić information content (AvgIpc) is 3.15. The zero-order valence-corrected chi connectivity index (χ0v) is 20.6. The van der Waals surface area contributed by atoms with Crippen molar-refractivity contribution in [1.29, 1.82) is 0 Å². The summed E-state index contributed by atoms with van der Waals surface area (Å²) in [6.07, 6.45) is 1.71. The number of nitrogens with one attached hydrogen (secondary N) is 1. The summed E-state index contributed by atoms with van der Waals surface area (Å²) < 4.78 is 63.7. The van der Waals surface area contributed by atoms with Gasteiger partial charge in [0, 0.05) is 36.8 Å². The van der Waals surface area contributed by atoms with Crippen LogP contribution in [0.5, 0.6) is 5.75 Å². The van der Waals surface area contributed by atoms with Gasteiger partial charge in [-0.15, -0.1) is 0 Å². The van der Waals surface area contributed by atoms with Crippen LogP contribution in [0.4, 0.5) is 17.6 Å². The molecular formula is C28H34F4N2O. The van der Waals surface area contributed by atoms with Gasteiger partial charge in [-0.25, -0.2) is 13.2 Å². The lowest BCUT2D eigenvalue weighted by Crippen LogP contribution is -2.47. The zero-order chi connectivity index (χ0) is 25.2. The third-order valence-electron chi connectivity index (χ3n) is 6.76. The molecule has 0 unspecified atom stereocenters. The van der Waals surface area contributed by atoms with Gasteiger partial charge in [-0.05, 0) is 68.9 Å². The number of rotatable bonds is 10. The van der Waals surface area contributed by atoms with Crippen LogP contribution in [0.1, 0.15) is 56.3 Å². The molecule has 0 radical (unpaired) electrons. The van der Waals surface area contributed by atoms with E-state index in [9.17, 15) is 8.78 Å². The third kappa shape index (κ3) is 5.72. The fraction of sp³-hybridized carbons (Fsp3) is 0.500. The summed E-state index contributed by atoms with van der Waals surface area (Å²) in [5, 5.41) is 3.01. The summed E-state index contributed by atoms with van der Waals surface area (Å²) in [5.74, 6) is -1.30. The molecule has 0 spiro atoms. The van der Waals surface area contributed by atoms with Crippen molar-refractivity contribution in [2.75, 3.05) is 32.9 Å². The summed E-state index contributed by atoms with van der Waals surface area (Å²) >= 11 is 0. The van der Waals surface area contributed by atoms with Gasteiger partial charge in [-0.1, -0.05) is 24.3 Å². The molecule has 7 heteroatoms. The third-order valence-corrected chi connectivity index (χ3v) is 6.76. The van der Waals surface area contributed by atoms with Crippen molar-refractivity contribution in [2.24, 2.45) is 0 Å². The van der Waals surface area contributed by atoms with Gasteiger partial charge in [0.1, 0.15) is 29.7 Å². The van der Waals surface area contributed by atoms with Crippen molar-refractivity contribution in [3.05, 3.63) is 70.3 Å². The number of benzene rings is 2. The van der Waals surface area contributed by atoms with Crippen molar-refractivity contribution in [3.8, 4) is 5.75 Å². The Hall–Kier alpha value is -2.38. The number of nitrogens with zero attached hydrogens (tertiary/aromatic N) is 1. The molecule has 2 aliphatic rings. The van der Waals surface area contributed by atoms with Crippen LogP contribution in [-0.2, 0) is 6.42 Å². The van der Waals surface area contributed by atoms with Gasteiger partial charge in [0.25, 0.3) is 0 Å². The molecule has 190 valence electrons. The van der Waals surface area contributed by atoms with Gasteiger partial charge in [0.15, 0.2) is 0 Å². The minimum absolute atomic E-state index is 0.0606. The molecule has 0 fully saturated rings. The number of fused-ring (bicyclic) bond motifs is 2. The van der Waals surface area contributed by atoms with Crippen LogP contribution in [0.2, 0.25) is 0 Å². The van der Waals surface area contributed by atoms with E-state index in [-0.39, 0.29) is 30.5 Å². The van der Waals surface area contributed by atoms with E-state index < -0.39 is 30.0 Å². The van der Waals surface area contributed by atoms with Crippen LogP contribution >= 0.6 is 0 Å². The lowest BCUT2D eigenvalue weighted by molar-refractivity contribution is 0.0676. The highest BCUT2D eigenvalue weighted by molar-refractivity contribution is 5.79. The first-order chi connectivity index (χ1) is 16.7. The van der Waals surface area contributed by atoms with Crippen molar-refractivity contribution in [3.63, 3.8) is 0 Å². The molecule has 1 heterocycles. The molecule has 2 aromatic rings. The topological polar surface area (TPSA) is 24.5 Å². The molecule has 2 atom stereocenters. The van der Waals surface area contributed by atoms with Crippen molar-refractivity contribution in [2.45, 2.75) is 57.8 Å². The molecule has 1 aliphatic heterocycles. The summed E-state index contributed by atoms with van der Waals surface area (Å²) in [7, 11) is 0. The fourth-order valence-corrected chi connectivity index (χ4v) is 5.31. The van der Waals surface area contributed by atoms with Crippen LogP contribution in [0.3, 0.4) is 0 Å². The minimum Gasteiger partial charge on any atom is -0.492 e. The van der Waals surface area contributed by atoms with Gasteiger partial charge in [-0.2, -0.15) is 0 Å². The van der Waals surface area contributed by atoms with Crippen LogP contribution in [0.25, 0.3) is 5.57 Å². The minimum atomic E-state index is -1.53. The Bertz CT molecular complexity index is 1060. The van der Waals surface area contributed by atoms with E-state index in [1.165, 1.54) is 26.0 Å². The Morgan fingerprint density at radius 3 is 2.51 bits per heavy atom. The van der Waals surface area contributed by atoms with E-state index in [1.54, 1.807) is 0 Å². The second kappa shape index (κ2) is 10.7. The van der Waals surface area contributed by atoms with Gasteiger partial charge in [0.2, 0.25) is 0 Å². The molecule has 0 saturated carbocycles. The monoisotopic (exact) mass is 490 g/mol. The van der Waals surface area contributed by atoms with Crippen LogP contribution in [0.15, 0.2) is 42.0 Å². The van der Waals surface area contributed by atoms with E-state index in [2.05, 4.69) is 11.4 Å². The van der Waals surface area contributed by atoms with Crippen LogP contribution in [-0.4, -0.2) is 49.5 Å². The second-order valence-corrected chi connectivity index (χ2v) is 10.1. The molecule has 35 heavy (non-hydrogen) atoms. The first kappa shape index (κ1) is 25.7. The Balaban J connectivity index is 1.66. The number of hydrogen-bond acceptors (Lipinski definition) is 3. The largest absolute Gasteiger partial charge is 0.492 e. The molecule has 0 bridgehead atoms. The highest BCUT2D eigenvalue weighted by atomic mass is 19.1. The average molecular weight is 491 g/mol. The number of halogens is 4. The quantitative estimate of drug-likeness (QED) is 0.318. The molecule has 0 saturated heterocycles. The summed E-state index contributed by atoms with van der Waals surface area (Å²) in [4.78, 5) is 1.90. The Morgan fingerprint density at radius 2 is 1.83 bits per heavy atom. The van der Waals surface area contributed by atoms with E-state index in [1.807, 2.05) is 30.0 Å². The van der Waals surface area contributed by atoms with Crippen LogP contribution in [0, 0.1) is 11.6 Å². The summed E-state index contributed by atoms with van der Waals surface area (Å²) in [6, 6.07) is 9.67. The van der Waals surface area contributed by atoms with Crippen molar-refractivity contribution in [1.82, 2.24) is 10.2 Å². The Labute approximate surface area is 205 Å². The number of ether oxygens (including phenoxy) is 1. The van der Waals surface area contributed by atoms with E-state index in [4.69, 9.17) is 4.74 Å². The van der Waals surface area contributed by atoms with Gasteiger partial charge >= 0.3 is 0 Å². The van der Waals surface area contributed by atoms with E-state index >= 15 is 8.78 Å². The van der Waals surface area contributed by atoms with Gasteiger partial charge in [0.05, 0.1) is 12.7 Å². The first-order valence-electron chi connectivity index (χ1n) is 12.3. The SMILES string of the molecule is C[C@@H]1CC2=C(Cc3ccccc32)[C@@H](c2c(F)cc(OCCNCCCF)cc2F)N1CC(C)(C)F. The fourth-order valence-electron chi connectivity index (χ4n) is 5.31. The lowest BCUT2D eigenvalue weighted by Gasteiger charge is -2.44. The molecule has 3 nitrogen and oxygen atoms in total. The first-order valence-corrected chi connectivity index (χ1v) is 12.3.